The van der Waals surface area contributed by atoms with Gasteiger partial charge in [0.2, 0.25) is 0 Å². The summed E-state index contributed by atoms with van der Waals surface area (Å²) in [4.78, 5) is 25.0. The number of rotatable bonds is 12. The van der Waals surface area contributed by atoms with E-state index in [1.54, 1.807) is 0 Å². The Kier molecular flexibility index (Phi) is 10.1. The number of ether oxygens (including phenoxy) is 1. The molecule has 5 aromatic rings. The molecule has 0 aliphatic heterocycles. The lowest BCUT2D eigenvalue weighted by molar-refractivity contribution is -0.138. The van der Waals surface area contributed by atoms with Crippen LogP contribution in [0.25, 0.3) is 11.1 Å². The predicted molar refractivity (Wildman–Crippen MR) is 191 cm³/mol. The first kappa shape index (κ1) is 35.8. The van der Waals surface area contributed by atoms with E-state index in [9.17, 15) is 40.6 Å². The highest BCUT2D eigenvalue weighted by molar-refractivity contribution is 8.00. The number of fused-ring (bicyclic) bond motifs is 3. The summed E-state index contributed by atoms with van der Waals surface area (Å²) in [6.45, 7) is -0.461. The highest BCUT2D eigenvalue weighted by atomic mass is 32.2. The lowest BCUT2D eigenvalue weighted by Crippen LogP contribution is -2.44. The third-order valence-electron chi connectivity index (χ3n) is 8.66. The molecule has 0 unspecified atom stereocenters. The first-order chi connectivity index (χ1) is 24.3. The Morgan fingerprint density at radius 2 is 1.10 bits per heavy atom. The molecule has 0 saturated heterocycles. The summed E-state index contributed by atoms with van der Waals surface area (Å²) in [5.41, 5.74) is 4.29. The molecule has 1 atom stereocenters. The van der Waals surface area contributed by atoms with Crippen molar-refractivity contribution in [3.8, 4) is 11.1 Å². The van der Waals surface area contributed by atoms with Crippen molar-refractivity contribution in [1.82, 2.24) is 5.32 Å². The molecule has 1 aliphatic rings. The second-order valence-electron chi connectivity index (χ2n) is 11.7. The third kappa shape index (κ3) is 7.41. The van der Waals surface area contributed by atoms with Crippen LogP contribution >= 0.6 is 11.8 Å². The highest BCUT2D eigenvalue weighted by Crippen LogP contribution is 2.49. The zero-order valence-electron chi connectivity index (χ0n) is 26.6. The summed E-state index contributed by atoms with van der Waals surface area (Å²) in [6.07, 6.45) is -1.08. The predicted octanol–water partition coefficient (Wildman–Crippen LogP) is 6.20. The minimum absolute atomic E-state index is 0.0896. The molecule has 6 rings (SSSR count). The standard InChI is InChI=1S/C37H31NO10S3/c39-35(40)34(23-49-37(24-10-4-1-5-11-24,25-12-6-2-7-13-25)26-14-8-3-9-15-26)38-36(41)48-22-33-31-20-27(50(42,43)44)16-18-29(31)30-19-17-28(21-32(30)33)51(45,46)47/h1-21,33-34H,22-23H2,(H,38,41)(H,39,40)(H,42,43,44)(H,45,46,47)/t34-/m0/s1. The van der Waals surface area contributed by atoms with Crippen LogP contribution in [0.3, 0.4) is 0 Å². The maximum Gasteiger partial charge on any atom is 0.407 e. The van der Waals surface area contributed by atoms with Crippen LogP contribution in [0.1, 0.15) is 33.7 Å². The summed E-state index contributed by atoms with van der Waals surface area (Å²) >= 11 is 1.33. The zero-order chi connectivity index (χ0) is 36.4. The number of carboxylic acid groups (broad SMARTS) is 1. The number of nitrogens with one attached hydrogen (secondary N) is 1. The number of hydrogen-bond acceptors (Lipinski definition) is 8. The molecule has 0 spiro atoms. The quantitative estimate of drug-likeness (QED) is 0.0843. The van der Waals surface area contributed by atoms with E-state index in [-0.39, 0.29) is 5.75 Å². The number of amides is 1. The Bertz CT molecular complexity index is 2120. The van der Waals surface area contributed by atoms with Crippen molar-refractivity contribution in [1.29, 1.82) is 0 Å². The second-order valence-corrected chi connectivity index (χ2v) is 15.8. The number of carboxylic acids is 1. The molecule has 0 heterocycles. The van der Waals surface area contributed by atoms with Crippen molar-refractivity contribution in [3.63, 3.8) is 0 Å². The lowest BCUT2D eigenvalue weighted by atomic mass is 9.84. The molecule has 0 saturated carbocycles. The number of alkyl carbamates (subject to hydrolysis) is 1. The van der Waals surface area contributed by atoms with E-state index >= 15 is 0 Å². The van der Waals surface area contributed by atoms with Crippen LogP contribution in [0.5, 0.6) is 0 Å². The van der Waals surface area contributed by atoms with Crippen LogP contribution in [0, 0.1) is 0 Å². The van der Waals surface area contributed by atoms with Crippen LogP contribution in [-0.2, 0) is 34.5 Å². The van der Waals surface area contributed by atoms with Gasteiger partial charge in [-0.2, -0.15) is 16.8 Å². The lowest BCUT2D eigenvalue weighted by Gasteiger charge is -2.36. The van der Waals surface area contributed by atoms with E-state index < -0.39 is 65.4 Å². The van der Waals surface area contributed by atoms with Crippen molar-refractivity contribution >= 4 is 44.1 Å². The molecule has 0 fully saturated rings. The van der Waals surface area contributed by atoms with E-state index in [1.807, 2.05) is 91.0 Å². The van der Waals surface area contributed by atoms with Crippen LogP contribution in [0.15, 0.2) is 137 Å². The zero-order valence-corrected chi connectivity index (χ0v) is 29.1. The average Bonchev–Trinajstić information content (AvgIpc) is 3.43. The topological polar surface area (TPSA) is 184 Å². The molecule has 0 bridgehead atoms. The van der Waals surface area contributed by atoms with Gasteiger partial charge < -0.3 is 15.2 Å². The number of benzene rings is 5. The Balaban J connectivity index is 1.27. The Labute approximate surface area is 298 Å². The fraction of sp³-hybridized carbons (Fsp3) is 0.135. The first-order valence-electron chi connectivity index (χ1n) is 15.5. The molecule has 0 aromatic heterocycles. The van der Waals surface area contributed by atoms with Gasteiger partial charge in [0, 0.05) is 11.7 Å². The van der Waals surface area contributed by atoms with E-state index in [4.69, 9.17) is 4.74 Å². The molecule has 51 heavy (non-hydrogen) atoms. The van der Waals surface area contributed by atoms with Crippen molar-refractivity contribution in [2.75, 3.05) is 12.4 Å². The smallest absolute Gasteiger partial charge is 0.407 e. The molecular formula is C37H31NO10S3. The normalized spacial score (nSPS) is 13.5. The van der Waals surface area contributed by atoms with Crippen molar-refractivity contribution < 1.29 is 45.4 Å². The average molecular weight is 746 g/mol. The molecule has 4 N–H and O–H groups in total. The summed E-state index contributed by atoms with van der Waals surface area (Å²) < 4.78 is 71.8. The molecule has 14 heteroatoms. The van der Waals surface area contributed by atoms with Crippen molar-refractivity contribution in [2.24, 2.45) is 0 Å². The van der Waals surface area contributed by atoms with Gasteiger partial charge in [-0.3, -0.25) is 9.11 Å². The van der Waals surface area contributed by atoms with E-state index in [2.05, 4.69) is 5.32 Å². The van der Waals surface area contributed by atoms with Gasteiger partial charge in [-0.15, -0.1) is 11.8 Å². The van der Waals surface area contributed by atoms with Crippen molar-refractivity contribution in [3.05, 3.63) is 155 Å². The first-order valence-corrected chi connectivity index (χ1v) is 19.4. The van der Waals surface area contributed by atoms with Gasteiger partial charge in [-0.05, 0) is 63.2 Å². The summed E-state index contributed by atoms with van der Waals surface area (Å²) in [5, 5.41) is 12.7. The Morgan fingerprint density at radius 3 is 1.47 bits per heavy atom. The Hall–Kier alpha value is -4.99. The largest absolute Gasteiger partial charge is 0.480 e. The molecule has 11 nitrogen and oxygen atoms in total. The SMILES string of the molecule is O=C(N[C@@H](CSC(c1ccccc1)(c1ccccc1)c1ccccc1)C(=O)O)OCC1c2cc(S(=O)(=O)O)ccc2-c2ccc(S(=O)(=O)O)cc21. The molecule has 262 valence electrons. The molecule has 5 aromatic carbocycles. The number of carbonyl (C=O) groups excluding carboxylic acids is 1. The van der Waals surface area contributed by atoms with Crippen LogP contribution < -0.4 is 5.32 Å². The van der Waals surface area contributed by atoms with Crippen LogP contribution in [0.2, 0.25) is 0 Å². The van der Waals surface area contributed by atoms with Gasteiger partial charge >= 0.3 is 12.1 Å². The van der Waals surface area contributed by atoms with E-state index in [1.165, 1.54) is 48.2 Å². The molecular weight excluding hydrogens is 715 g/mol. The van der Waals surface area contributed by atoms with Gasteiger partial charge in [0.05, 0.1) is 14.5 Å². The summed E-state index contributed by atoms with van der Waals surface area (Å²) in [6, 6.07) is 35.0. The molecule has 0 radical (unpaired) electrons. The minimum atomic E-state index is -4.63. The highest BCUT2D eigenvalue weighted by Gasteiger charge is 2.39. The number of carbonyl (C=O) groups is 2. The van der Waals surface area contributed by atoms with Gasteiger partial charge in [-0.1, -0.05) is 103 Å². The van der Waals surface area contributed by atoms with Gasteiger partial charge in [0.25, 0.3) is 20.2 Å². The summed E-state index contributed by atoms with van der Waals surface area (Å²) in [7, 11) is -9.25. The number of thioether (sulfide) groups is 1. The van der Waals surface area contributed by atoms with Gasteiger partial charge in [-0.25, -0.2) is 9.59 Å². The van der Waals surface area contributed by atoms with E-state index in [0.29, 0.717) is 22.3 Å². The second kappa shape index (κ2) is 14.3. The fourth-order valence-corrected chi connectivity index (χ4v) is 8.89. The van der Waals surface area contributed by atoms with Gasteiger partial charge in [0.15, 0.2) is 0 Å². The molecule has 1 aliphatic carbocycles. The minimum Gasteiger partial charge on any atom is -0.480 e. The van der Waals surface area contributed by atoms with E-state index in [0.717, 1.165) is 16.7 Å². The number of aliphatic carboxylic acids is 1. The molecule has 1 amide bonds. The van der Waals surface area contributed by atoms with Crippen molar-refractivity contribution in [2.45, 2.75) is 26.5 Å². The fourth-order valence-electron chi connectivity index (χ4n) is 6.31. The van der Waals surface area contributed by atoms with Crippen LogP contribution in [0.4, 0.5) is 4.79 Å². The number of hydrogen-bond donors (Lipinski definition) is 4. The maximum atomic E-state index is 13.2. The summed E-state index contributed by atoms with van der Waals surface area (Å²) in [5.74, 6) is -2.33. The van der Waals surface area contributed by atoms with Gasteiger partial charge in [0.1, 0.15) is 12.6 Å². The monoisotopic (exact) mass is 745 g/mol. The van der Waals surface area contributed by atoms with Crippen LogP contribution in [-0.4, -0.2) is 61.5 Å². The Morgan fingerprint density at radius 1 is 0.686 bits per heavy atom. The maximum absolute atomic E-state index is 13.2. The third-order valence-corrected chi connectivity index (χ3v) is 12.0.